The van der Waals surface area contributed by atoms with Crippen LogP contribution in [0, 0.1) is 5.82 Å². The molecule has 1 N–H and O–H groups in total. The van der Waals surface area contributed by atoms with Crippen LogP contribution in [0.25, 0.3) is 11.1 Å². The molecule has 2 nitrogen and oxygen atoms in total. The molecule has 0 aliphatic carbocycles. The first kappa shape index (κ1) is 13.3. The monoisotopic (exact) mass is 270 g/mol. The Kier molecular flexibility index (Phi) is 3.69. The van der Waals surface area contributed by atoms with Crippen molar-refractivity contribution >= 4 is 5.82 Å². The van der Waals surface area contributed by atoms with E-state index in [0.717, 1.165) is 0 Å². The first-order valence-corrected chi connectivity index (χ1v) is 5.47. The molecule has 19 heavy (non-hydrogen) atoms. The first-order chi connectivity index (χ1) is 8.96. The number of alkyl halides is 3. The van der Waals surface area contributed by atoms with Crippen molar-refractivity contribution in [3.63, 3.8) is 0 Å². The summed E-state index contributed by atoms with van der Waals surface area (Å²) in [5.74, 6) is -0.308. The minimum Gasteiger partial charge on any atom is -0.361 e. The van der Waals surface area contributed by atoms with Crippen molar-refractivity contribution in [2.75, 3.05) is 11.9 Å². The zero-order valence-corrected chi connectivity index (χ0v) is 9.71. The van der Waals surface area contributed by atoms with E-state index in [1.807, 2.05) is 0 Å². The molecule has 1 aromatic heterocycles. The van der Waals surface area contributed by atoms with E-state index >= 15 is 0 Å². The molecule has 0 atom stereocenters. The molecule has 2 aromatic rings. The molecule has 100 valence electrons. The summed E-state index contributed by atoms with van der Waals surface area (Å²) in [6, 6.07) is 9.03. The minimum atomic E-state index is -4.30. The van der Waals surface area contributed by atoms with Gasteiger partial charge in [-0.25, -0.2) is 9.37 Å². The van der Waals surface area contributed by atoms with Gasteiger partial charge in [0.25, 0.3) is 0 Å². The van der Waals surface area contributed by atoms with Gasteiger partial charge in [0.15, 0.2) is 0 Å². The predicted molar refractivity (Wildman–Crippen MR) is 64.2 cm³/mol. The number of nitrogens with zero attached hydrogens (tertiary/aromatic N) is 1. The third-order valence-electron chi connectivity index (χ3n) is 2.42. The van der Waals surface area contributed by atoms with Crippen molar-refractivity contribution in [3.05, 3.63) is 48.4 Å². The van der Waals surface area contributed by atoms with Gasteiger partial charge in [0.05, 0.1) is 0 Å². The summed E-state index contributed by atoms with van der Waals surface area (Å²) in [5.41, 5.74) is 0.869. The summed E-state index contributed by atoms with van der Waals surface area (Å²) < 4.78 is 49.5. The number of pyridine rings is 1. The molecular weight excluding hydrogens is 260 g/mol. The number of rotatable bonds is 3. The van der Waals surface area contributed by atoms with Gasteiger partial charge in [-0.2, -0.15) is 13.2 Å². The number of hydrogen-bond donors (Lipinski definition) is 1. The van der Waals surface area contributed by atoms with Gasteiger partial charge in [0.2, 0.25) is 0 Å². The average molecular weight is 270 g/mol. The summed E-state index contributed by atoms with van der Waals surface area (Å²) in [7, 11) is 0. The molecule has 0 saturated carbocycles. The highest BCUT2D eigenvalue weighted by molar-refractivity contribution is 5.64. The van der Waals surface area contributed by atoms with E-state index in [0.29, 0.717) is 11.1 Å². The second kappa shape index (κ2) is 5.26. The predicted octanol–water partition coefficient (Wildman–Crippen LogP) is 3.86. The molecule has 0 bridgehead atoms. The minimum absolute atomic E-state index is 0.0948. The summed E-state index contributed by atoms with van der Waals surface area (Å²) in [6.45, 7) is -1.15. The molecule has 0 unspecified atom stereocenters. The Bertz CT molecular complexity index is 549. The molecule has 0 amide bonds. The largest absolute Gasteiger partial charge is 0.405 e. The van der Waals surface area contributed by atoms with Crippen LogP contribution in [0.15, 0.2) is 42.6 Å². The van der Waals surface area contributed by atoms with Gasteiger partial charge in [0.1, 0.15) is 18.2 Å². The van der Waals surface area contributed by atoms with Crippen LogP contribution in [0.3, 0.4) is 0 Å². The van der Waals surface area contributed by atoms with Gasteiger partial charge in [-0.15, -0.1) is 0 Å². The normalized spacial score (nSPS) is 11.4. The van der Waals surface area contributed by atoms with E-state index in [2.05, 4.69) is 10.3 Å². The van der Waals surface area contributed by atoms with Crippen molar-refractivity contribution in [1.82, 2.24) is 4.98 Å². The van der Waals surface area contributed by atoms with Crippen molar-refractivity contribution in [2.45, 2.75) is 6.18 Å². The van der Waals surface area contributed by atoms with E-state index in [4.69, 9.17) is 0 Å². The molecule has 6 heteroatoms. The van der Waals surface area contributed by atoms with Crippen LogP contribution in [-0.2, 0) is 0 Å². The zero-order valence-electron chi connectivity index (χ0n) is 9.71. The van der Waals surface area contributed by atoms with Crippen LogP contribution in [0.5, 0.6) is 0 Å². The number of anilines is 1. The second-order valence-electron chi connectivity index (χ2n) is 3.88. The summed E-state index contributed by atoms with van der Waals surface area (Å²) in [4.78, 5) is 3.82. The molecule has 0 fully saturated rings. The van der Waals surface area contributed by atoms with E-state index in [9.17, 15) is 17.6 Å². The molecule has 0 saturated heterocycles. The molecule has 1 heterocycles. The molecular formula is C13H10F4N2. The van der Waals surface area contributed by atoms with E-state index in [1.54, 1.807) is 18.2 Å². The smallest absolute Gasteiger partial charge is 0.361 e. The Hall–Kier alpha value is -2.11. The van der Waals surface area contributed by atoms with Gasteiger partial charge in [-0.05, 0) is 18.2 Å². The van der Waals surface area contributed by atoms with Crippen molar-refractivity contribution < 1.29 is 17.6 Å². The standard InChI is InChI=1S/C13H10F4N2/c14-11-4-2-1-3-10(11)9-5-6-12(18-7-9)19-8-13(15,16)17/h1-7H,8H2,(H,18,19). The van der Waals surface area contributed by atoms with Gasteiger partial charge >= 0.3 is 6.18 Å². The van der Waals surface area contributed by atoms with Crippen LogP contribution in [0.1, 0.15) is 0 Å². The zero-order chi connectivity index (χ0) is 13.9. The van der Waals surface area contributed by atoms with Gasteiger partial charge in [0, 0.05) is 17.3 Å². The maximum absolute atomic E-state index is 13.5. The molecule has 0 radical (unpaired) electrons. The molecule has 2 rings (SSSR count). The van der Waals surface area contributed by atoms with Crippen LogP contribution in [0.2, 0.25) is 0 Å². The van der Waals surface area contributed by atoms with E-state index in [-0.39, 0.29) is 5.82 Å². The van der Waals surface area contributed by atoms with Crippen LogP contribution in [0.4, 0.5) is 23.4 Å². The van der Waals surface area contributed by atoms with E-state index < -0.39 is 18.5 Å². The summed E-state index contributed by atoms with van der Waals surface area (Å²) in [6.07, 6.45) is -2.97. The highest BCUT2D eigenvalue weighted by atomic mass is 19.4. The number of benzene rings is 1. The highest BCUT2D eigenvalue weighted by Crippen LogP contribution is 2.23. The fourth-order valence-corrected chi connectivity index (χ4v) is 1.54. The number of hydrogen-bond acceptors (Lipinski definition) is 2. The quantitative estimate of drug-likeness (QED) is 0.856. The lowest BCUT2D eigenvalue weighted by molar-refractivity contribution is -0.115. The lowest BCUT2D eigenvalue weighted by atomic mass is 10.1. The Morgan fingerprint density at radius 2 is 1.79 bits per heavy atom. The molecule has 1 aromatic carbocycles. The Morgan fingerprint density at radius 1 is 1.05 bits per heavy atom. The Morgan fingerprint density at radius 3 is 2.37 bits per heavy atom. The van der Waals surface area contributed by atoms with Crippen LogP contribution in [-0.4, -0.2) is 17.7 Å². The molecule has 0 aliphatic rings. The van der Waals surface area contributed by atoms with Gasteiger partial charge in [-0.1, -0.05) is 18.2 Å². The topological polar surface area (TPSA) is 24.9 Å². The SMILES string of the molecule is Fc1ccccc1-c1ccc(NCC(F)(F)F)nc1. The second-order valence-corrected chi connectivity index (χ2v) is 3.88. The number of halogens is 4. The van der Waals surface area contributed by atoms with Crippen molar-refractivity contribution in [2.24, 2.45) is 0 Å². The Labute approximate surface area is 107 Å². The molecule has 0 aliphatic heterocycles. The first-order valence-electron chi connectivity index (χ1n) is 5.47. The maximum Gasteiger partial charge on any atom is 0.405 e. The third-order valence-corrected chi connectivity index (χ3v) is 2.42. The van der Waals surface area contributed by atoms with E-state index in [1.165, 1.54) is 24.4 Å². The number of nitrogens with one attached hydrogen (secondary N) is 1. The molecule has 0 spiro atoms. The average Bonchev–Trinajstić information content (AvgIpc) is 2.37. The fraction of sp³-hybridized carbons (Fsp3) is 0.154. The van der Waals surface area contributed by atoms with Crippen molar-refractivity contribution in [1.29, 1.82) is 0 Å². The number of aromatic nitrogens is 1. The van der Waals surface area contributed by atoms with Crippen LogP contribution < -0.4 is 5.32 Å². The summed E-state index contributed by atoms with van der Waals surface area (Å²) >= 11 is 0. The van der Waals surface area contributed by atoms with Crippen LogP contribution >= 0.6 is 0 Å². The summed E-state index contributed by atoms with van der Waals surface area (Å²) in [5, 5.41) is 2.15. The maximum atomic E-state index is 13.5. The van der Waals surface area contributed by atoms with Gasteiger partial charge < -0.3 is 5.32 Å². The van der Waals surface area contributed by atoms with Gasteiger partial charge in [-0.3, -0.25) is 0 Å². The highest BCUT2D eigenvalue weighted by Gasteiger charge is 2.26. The fourth-order valence-electron chi connectivity index (χ4n) is 1.54. The lowest BCUT2D eigenvalue weighted by Crippen LogP contribution is -2.21. The Balaban J connectivity index is 2.13. The lowest BCUT2D eigenvalue weighted by Gasteiger charge is -2.09. The third kappa shape index (κ3) is 3.67. The van der Waals surface area contributed by atoms with Crippen molar-refractivity contribution in [3.8, 4) is 11.1 Å².